The van der Waals surface area contributed by atoms with Gasteiger partial charge in [0.15, 0.2) is 5.78 Å². The number of benzene rings is 1. The van der Waals surface area contributed by atoms with Gasteiger partial charge in [-0.15, -0.1) is 0 Å². The van der Waals surface area contributed by atoms with Gasteiger partial charge in [0.2, 0.25) is 5.91 Å². The van der Waals surface area contributed by atoms with Gasteiger partial charge < -0.3 is 4.90 Å². The standard InChI is InChI=1S/C15H18F2N2O2/c1-18(10-14(21)19-7-2-3-8-19)9-13(20)15-11(16)5-4-6-12(15)17/h4-6H,2-3,7-10H2,1H3. The van der Waals surface area contributed by atoms with Crippen molar-refractivity contribution in [3.63, 3.8) is 0 Å². The third-order valence-corrected chi connectivity index (χ3v) is 3.52. The van der Waals surface area contributed by atoms with Crippen molar-refractivity contribution in [1.82, 2.24) is 9.80 Å². The van der Waals surface area contributed by atoms with Crippen molar-refractivity contribution in [2.45, 2.75) is 12.8 Å². The average molecular weight is 296 g/mol. The number of ketones is 1. The summed E-state index contributed by atoms with van der Waals surface area (Å²) in [5.74, 6) is -2.47. The number of Topliss-reactive ketones (excluding diaryl/α,β-unsaturated/α-hetero) is 1. The fourth-order valence-electron chi connectivity index (χ4n) is 2.44. The Morgan fingerprint density at radius 1 is 1.14 bits per heavy atom. The molecule has 1 fully saturated rings. The average Bonchev–Trinajstić information content (AvgIpc) is 2.91. The van der Waals surface area contributed by atoms with Gasteiger partial charge in [0, 0.05) is 13.1 Å². The molecule has 1 heterocycles. The van der Waals surface area contributed by atoms with E-state index in [9.17, 15) is 18.4 Å². The molecular formula is C15H18F2N2O2. The lowest BCUT2D eigenvalue weighted by molar-refractivity contribution is -0.130. The minimum Gasteiger partial charge on any atom is -0.342 e. The van der Waals surface area contributed by atoms with Crippen molar-refractivity contribution in [1.29, 1.82) is 0 Å². The summed E-state index contributed by atoms with van der Waals surface area (Å²) in [6, 6.07) is 3.31. The van der Waals surface area contributed by atoms with Gasteiger partial charge in [-0.2, -0.15) is 0 Å². The van der Waals surface area contributed by atoms with Crippen LogP contribution in [0.1, 0.15) is 23.2 Å². The van der Waals surface area contributed by atoms with Gasteiger partial charge in [-0.1, -0.05) is 6.07 Å². The van der Waals surface area contributed by atoms with Crippen LogP contribution in [0.3, 0.4) is 0 Å². The lowest BCUT2D eigenvalue weighted by Crippen LogP contribution is -2.39. The molecule has 0 bridgehead atoms. The molecule has 0 aliphatic carbocycles. The molecule has 0 atom stereocenters. The maximum absolute atomic E-state index is 13.5. The van der Waals surface area contributed by atoms with E-state index in [-0.39, 0.29) is 19.0 Å². The van der Waals surface area contributed by atoms with E-state index in [1.165, 1.54) is 11.0 Å². The van der Waals surface area contributed by atoms with E-state index in [4.69, 9.17) is 0 Å². The molecule has 1 aliphatic rings. The predicted molar refractivity (Wildman–Crippen MR) is 74.0 cm³/mol. The second-order valence-corrected chi connectivity index (χ2v) is 5.28. The fourth-order valence-corrected chi connectivity index (χ4v) is 2.44. The Labute approximate surface area is 122 Å². The molecule has 6 heteroatoms. The van der Waals surface area contributed by atoms with Crippen molar-refractivity contribution in [3.8, 4) is 0 Å². The molecule has 1 aromatic rings. The zero-order valence-electron chi connectivity index (χ0n) is 11.9. The smallest absolute Gasteiger partial charge is 0.236 e. The quantitative estimate of drug-likeness (QED) is 0.777. The molecule has 1 amide bonds. The zero-order chi connectivity index (χ0) is 15.4. The van der Waals surface area contributed by atoms with Crippen LogP contribution in [0.15, 0.2) is 18.2 Å². The summed E-state index contributed by atoms with van der Waals surface area (Å²) >= 11 is 0. The molecule has 4 nitrogen and oxygen atoms in total. The SMILES string of the molecule is CN(CC(=O)c1c(F)cccc1F)CC(=O)N1CCCC1. The van der Waals surface area contributed by atoms with Crippen LogP contribution in [0.25, 0.3) is 0 Å². The van der Waals surface area contributed by atoms with Crippen LogP contribution < -0.4 is 0 Å². The lowest BCUT2D eigenvalue weighted by atomic mass is 10.1. The number of rotatable bonds is 5. The topological polar surface area (TPSA) is 40.6 Å². The normalized spacial score (nSPS) is 14.8. The number of amides is 1. The number of nitrogens with zero attached hydrogens (tertiary/aromatic N) is 2. The van der Waals surface area contributed by atoms with Crippen LogP contribution in [-0.4, -0.2) is 54.7 Å². The van der Waals surface area contributed by atoms with Crippen molar-refractivity contribution in [2.24, 2.45) is 0 Å². The minimum absolute atomic E-state index is 0.0585. The van der Waals surface area contributed by atoms with Crippen molar-refractivity contribution >= 4 is 11.7 Å². The van der Waals surface area contributed by atoms with Gasteiger partial charge in [0.1, 0.15) is 11.6 Å². The first kappa shape index (κ1) is 15.6. The summed E-state index contributed by atoms with van der Waals surface area (Å²) in [5, 5.41) is 0. The summed E-state index contributed by atoms with van der Waals surface area (Å²) in [6.45, 7) is 1.35. The van der Waals surface area contributed by atoms with Gasteiger partial charge in [-0.3, -0.25) is 14.5 Å². The van der Waals surface area contributed by atoms with Gasteiger partial charge in [-0.25, -0.2) is 8.78 Å². The molecule has 0 saturated carbocycles. The summed E-state index contributed by atoms with van der Waals surface area (Å²) in [5.41, 5.74) is -0.544. The van der Waals surface area contributed by atoms with Gasteiger partial charge in [0.25, 0.3) is 0 Å². The van der Waals surface area contributed by atoms with Crippen molar-refractivity contribution < 1.29 is 18.4 Å². The highest BCUT2D eigenvalue weighted by Crippen LogP contribution is 2.13. The first-order valence-electron chi connectivity index (χ1n) is 6.92. The van der Waals surface area contributed by atoms with Crippen LogP contribution >= 0.6 is 0 Å². The monoisotopic (exact) mass is 296 g/mol. The van der Waals surface area contributed by atoms with E-state index >= 15 is 0 Å². The second kappa shape index (κ2) is 6.76. The number of carbonyl (C=O) groups is 2. The van der Waals surface area contributed by atoms with E-state index in [1.54, 1.807) is 11.9 Å². The van der Waals surface area contributed by atoms with Gasteiger partial charge in [-0.05, 0) is 32.0 Å². The Bertz CT molecular complexity index is 522. The largest absolute Gasteiger partial charge is 0.342 e. The number of carbonyl (C=O) groups excluding carboxylic acids is 2. The summed E-state index contributed by atoms with van der Waals surface area (Å²) in [4.78, 5) is 27.1. The molecule has 0 radical (unpaired) electrons. The molecule has 1 aromatic carbocycles. The molecule has 1 aliphatic heterocycles. The third kappa shape index (κ3) is 3.85. The summed E-state index contributed by atoms with van der Waals surface area (Å²) in [7, 11) is 1.59. The minimum atomic E-state index is -0.876. The van der Waals surface area contributed by atoms with Crippen LogP contribution in [0.5, 0.6) is 0 Å². The molecule has 0 N–H and O–H groups in total. The molecule has 2 rings (SSSR count). The van der Waals surface area contributed by atoms with Crippen LogP contribution in [-0.2, 0) is 4.79 Å². The first-order chi connectivity index (χ1) is 9.99. The number of likely N-dealkylation sites (N-methyl/N-ethyl adjacent to an activating group) is 1. The van der Waals surface area contributed by atoms with Crippen LogP contribution in [0.2, 0.25) is 0 Å². The number of halogens is 2. The van der Waals surface area contributed by atoms with Crippen molar-refractivity contribution in [3.05, 3.63) is 35.4 Å². The van der Waals surface area contributed by atoms with E-state index in [0.717, 1.165) is 38.1 Å². The predicted octanol–water partition coefficient (Wildman–Crippen LogP) is 1.70. The van der Waals surface area contributed by atoms with E-state index in [0.29, 0.717) is 0 Å². The molecule has 0 spiro atoms. The third-order valence-electron chi connectivity index (χ3n) is 3.52. The molecule has 21 heavy (non-hydrogen) atoms. The molecular weight excluding hydrogens is 278 g/mol. The Kier molecular flexibility index (Phi) is 5.01. The molecule has 114 valence electrons. The van der Waals surface area contributed by atoms with Gasteiger partial charge >= 0.3 is 0 Å². The number of hydrogen-bond acceptors (Lipinski definition) is 3. The molecule has 0 unspecified atom stereocenters. The van der Waals surface area contributed by atoms with Crippen LogP contribution in [0.4, 0.5) is 8.78 Å². The van der Waals surface area contributed by atoms with E-state index in [1.807, 2.05) is 0 Å². The maximum atomic E-state index is 13.5. The fraction of sp³-hybridized carbons (Fsp3) is 0.467. The Morgan fingerprint density at radius 3 is 2.29 bits per heavy atom. The number of likely N-dealkylation sites (tertiary alicyclic amines) is 1. The highest BCUT2D eigenvalue weighted by Gasteiger charge is 2.22. The molecule has 1 saturated heterocycles. The van der Waals surface area contributed by atoms with E-state index in [2.05, 4.69) is 0 Å². The Balaban J connectivity index is 1.94. The Morgan fingerprint density at radius 2 is 1.71 bits per heavy atom. The van der Waals surface area contributed by atoms with Crippen molar-refractivity contribution in [2.75, 3.05) is 33.2 Å². The summed E-state index contributed by atoms with van der Waals surface area (Å²) < 4.78 is 27.0. The van der Waals surface area contributed by atoms with E-state index < -0.39 is 23.0 Å². The zero-order valence-corrected chi connectivity index (χ0v) is 11.9. The number of hydrogen-bond donors (Lipinski definition) is 0. The van der Waals surface area contributed by atoms with Gasteiger partial charge in [0.05, 0.1) is 18.7 Å². The highest BCUT2D eigenvalue weighted by molar-refractivity contribution is 5.98. The first-order valence-corrected chi connectivity index (χ1v) is 6.92. The summed E-state index contributed by atoms with van der Waals surface area (Å²) in [6.07, 6.45) is 1.99. The lowest BCUT2D eigenvalue weighted by Gasteiger charge is -2.20. The Hall–Kier alpha value is -1.82. The van der Waals surface area contributed by atoms with Crippen LogP contribution in [0, 0.1) is 11.6 Å². The molecule has 0 aromatic heterocycles. The second-order valence-electron chi connectivity index (χ2n) is 5.28. The maximum Gasteiger partial charge on any atom is 0.236 e. The highest BCUT2D eigenvalue weighted by atomic mass is 19.1.